The number of nitrogens with one attached hydrogen (secondary N) is 3. The van der Waals surface area contributed by atoms with Crippen LogP contribution >= 0.6 is 0 Å². The first-order valence-corrected chi connectivity index (χ1v) is 10.5. The zero-order valence-electron chi connectivity index (χ0n) is 17.0. The summed E-state index contributed by atoms with van der Waals surface area (Å²) in [7, 11) is 0. The van der Waals surface area contributed by atoms with Gasteiger partial charge in [0.25, 0.3) is 0 Å². The minimum absolute atomic E-state index is 0.523. The standard InChI is InChI=1S/C23H30N4O2/c1-17-4-2-6-21-22(17)19(15-26-21)7-10-24-23(27-14-18-9-13-28-16-18)25-11-8-20-5-3-12-29-20/h2-6,12,15,18,26H,7-11,13-14,16H2,1H3,(H2,24,25,27). The molecule has 0 bridgehead atoms. The van der Waals surface area contributed by atoms with Crippen LogP contribution < -0.4 is 10.6 Å². The molecule has 1 saturated heterocycles. The molecule has 6 nitrogen and oxygen atoms in total. The Bertz CT molecular complexity index is 924. The van der Waals surface area contributed by atoms with Gasteiger partial charge in [-0.15, -0.1) is 0 Å². The number of furan rings is 1. The van der Waals surface area contributed by atoms with Crippen molar-refractivity contribution in [3.05, 3.63) is 59.7 Å². The van der Waals surface area contributed by atoms with E-state index in [-0.39, 0.29) is 0 Å². The minimum Gasteiger partial charge on any atom is -0.469 e. The smallest absolute Gasteiger partial charge is 0.191 e. The van der Waals surface area contributed by atoms with Gasteiger partial charge in [0.05, 0.1) is 12.9 Å². The van der Waals surface area contributed by atoms with Crippen LogP contribution in [0.3, 0.4) is 0 Å². The molecule has 2 aromatic heterocycles. The van der Waals surface area contributed by atoms with E-state index >= 15 is 0 Å². The predicted molar refractivity (Wildman–Crippen MR) is 116 cm³/mol. The number of ether oxygens (including phenoxy) is 1. The molecular formula is C23H30N4O2. The van der Waals surface area contributed by atoms with E-state index in [4.69, 9.17) is 14.1 Å². The molecular weight excluding hydrogens is 364 g/mol. The quantitative estimate of drug-likeness (QED) is 0.404. The number of aromatic amines is 1. The molecule has 3 N–H and O–H groups in total. The molecule has 0 saturated carbocycles. The first kappa shape index (κ1) is 19.6. The highest BCUT2D eigenvalue weighted by atomic mass is 16.5. The number of H-pyrrole nitrogens is 1. The van der Waals surface area contributed by atoms with Gasteiger partial charge in [0.15, 0.2) is 5.96 Å². The molecule has 1 aliphatic rings. The maximum Gasteiger partial charge on any atom is 0.191 e. The number of aliphatic imine (C=N–C) groups is 1. The number of aromatic nitrogens is 1. The first-order valence-electron chi connectivity index (χ1n) is 10.5. The van der Waals surface area contributed by atoms with Gasteiger partial charge in [-0.25, -0.2) is 0 Å². The summed E-state index contributed by atoms with van der Waals surface area (Å²) in [5, 5.41) is 8.28. The number of guanidine groups is 1. The van der Waals surface area contributed by atoms with Crippen LogP contribution in [0, 0.1) is 12.8 Å². The Balaban J connectivity index is 1.33. The molecule has 0 amide bonds. The summed E-state index contributed by atoms with van der Waals surface area (Å²) in [5.41, 5.74) is 3.85. The molecule has 3 aromatic rings. The average Bonchev–Trinajstić information content (AvgIpc) is 3.48. The van der Waals surface area contributed by atoms with Crippen LogP contribution in [0.15, 0.2) is 52.2 Å². The lowest BCUT2D eigenvalue weighted by Crippen LogP contribution is -2.39. The van der Waals surface area contributed by atoms with Crippen molar-refractivity contribution in [2.24, 2.45) is 10.9 Å². The van der Waals surface area contributed by atoms with Crippen LogP contribution in [0.2, 0.25) is 0 Å². The molecule has 0 spiro atoms. The Morgan fingerprint density at radius 2 is 2.07 bits per heavy atom. The van der Waals surface area contributed by atoms with Crippen molar-refractivity contribution in [1.29, 1.82) is 0 Å². The lowest BCUT2D eigenvalue weighted by molar-refractivity contribution is 0.187. The Morgan fingerprint density at radius 1 is 1.17 bits per heavy atom. The Morgan fingerprint density at radius 3 is 2.86 bits per heavy atom. The van der Waals surface area contributed by atoms with Crippen molar-refractivity contribution >= 4 is 16.9 Å². The second-order valence-corrected chi connectivity index (χ2v) is 7.66. The van der Waals surface area contributed by atoms with Crippen LogP contribution in [-0.4, -0.2) is 43.8 Å². The van der Waals surface area contributed by atoms with Gasteiger partial charge in [0, 0.05) is 55.7 Å². The van der Waals surface area contributed by atoms with Gasteiger partial charge in [-0.05, 0) is 49.1 Å². The monoisotopic (exact) mass is 394 g/mol. The van der Waals surface area contributed by atoms with Crippen molar-refractivity contribution in [2.75, 3.05) is 32.8 Å². The highest BCUT2D eigenvalue weighted by Gasteiger charge is 2.15. The minimum atomic E-state index is 0.523. The third-order valence-corrected chi connectivity index (χ3v) is 5.46. The molecule has 154 valence electrons. The van der Waals surface area contributed by atoms with Crippen LogP contribution in [0.5, 0.6) is 0 Å². The third kappa shape index (κ3) is 5.21. The molecule has 1 atom stereocenters. The lowest BCUT2D eigenvalue weighted by Gasteiger charge is -2.13. The van der Waals surface area contributed by atoms with E-state index in [0.717, 1.165) is 63.8 Å². The van der Waals surface area contributed by atoms with Gasteiger partial charge in [-0.2, -0.15) is 0 Å². The van der Waals surface area contributed by atoms with Crippen molar-refractivity contribution < 1.29 is 9.15 Å². The van der Waals surface area contributed by atoms with Gasteiger partial charge >= 0.3 is 0 Å². The van der Waals surface area contributed by atoms with Gasteiger partial charge in [0.2, 0.25) is 0 Å². The number of aryl methyl sites for hydroxylation is 1. The van der Waals surface area contributed by atoms with E-state index in [1.807, 2.05) is 12.1 Å². The number of fused-ring (bicyclic) bond motifs is 1. The van der Waals surface area contributed by atoms with Crippen molar-refractivity contribution in [3.8, 4) is 0 Å². The molecule has 29 heavy (non-hydrogen) atoms. The molecule has 6 heteroatoms. The van der Waals surface area contributed by atoms with Crippen LogP contribution in [-0.2, 0) is 17.6 Å². The van der Waals surface area contributed by atoms with Crippen molar-refractivity contribution in [2.45, 2.75) is 26.2 Å². The molecule has 0 aliphatic carbocycles. The fourth-order valence-corrected chi connectivity index (χ4v) is 3.84. The summed E-state index contributed by atoms with van der Waals surface area (Å²) in [6.07, 6.45) is 6.71. The lowest BCUT2D eigenvalue weighted by atomic mass is 10.1. The molecule has 1 aromatic carbocycles. The Hall–Kier alpha value is -2.73. The summed E-state index contributed by atoms with van der Waals surface area (Å²) in [6, 6.07) is 10.3. The number of rotatable bonds is 8. The van der Waals surface area contributed by atoms with E-state index in [9.17, 15) is 0 Å². The van der Waals surface area contributed by atoms with E-state index in [0.29, 0.717) is 5.92 Å². The fraction of sp³-hybridized carbons (Fsp3) is 0.435. The Labute approximate surface area is 171 Å². The maximum atomic E-state index is 5.48. The van der Waals surface area contributed by atoms with Crippen molar-refractivity contribution in [3.63, 3.8) is 0 Å². The van der Waals surface area contributed by atoms with Gasteiger partial charge in [-0.1, -0.05) is 12.1 Å². The number of benzene rings is 1. The topological polar surface area (TPSA) is 74.6 Å². The Kier molecular flexibility index (Phi) is 6.52. The van der Waals surface area contributed by atoms with Crippen molar-refractivity contribution in [1.82, 2.24) is 15.6 Å². The molecule has 3 heterocycles. The first-order chi connectivity index (χ1) is 14.3. The highest BCUT2D eigenvalue weighted by molar-refractivity contribution is 5.86. The van der Waals surface area contributed by atoms with Gasteiger partial charge in [-0.3, -0.25) is 4.99 Å². The third-order valence-electron chi connectivity index (χ3n) is 5.46. The SMILES string of the molecule is Cc1cccc2[nH]cc(CCNC(=NCC3CCOC3)NCCc3ccco3)c12. The summed E-state index contributed by atoms with van der Waals surface area (Å²) >= 11 is 0. The molecule has 1 fully saturated rings. The second kappa shape index (κ2) is 9.65. The van der Waals surface area contributed by atoms with Crippen LogP contribution in [0.1, 0.15) is 23.3 Å². The largest absolute Gasteiger partial charge is 0.469 e. The summed E-state index contributed by atoms with van der Waals surface area (Å²) in [6.45, 7) is 6.25. The van der Waals surface area contributed by atoms with E-state index in [2.05, 4.69) is 46.9 Å². The van der Waals surface area contributed by atoms with E-state index < -0.39 is 0 Å². The second-order valence-electron chi connectivity index (χ2n) is 7.66. The molecule has 0 radical (unpaired) electrons. The molecule has 1 aliphatic heterocycles. The zero-order chi connectivity index (χ0) is 19.9. The van der Waals surface area contributed by atoms with E-state index in [1.54, 1.807) is 6.26 Å². The maximum absolute atomic E-state index is 5.48. The number of hydrogen-bond acceptors (Lipinski definition) is 3. The fourth-order valence-electron chi connectivity index (χ4n) is 3.84. The zero-order valence-corrected chi connectivity index (χ0v) is 17.0. The number of nitrogens with zero attached hydrogens (tertiary/aromatic N) is 1. The van der Waals surface area contributed by atoms with Gasteiger partial charge in [0.1, 0.15) is 5.76 Å². The highest BCUT2D eigenvalue weighted by Crippen LogP contribution is 2.22. The molecule has 4 rings (SSSR count). The summed E-state index contributed by atoms with van der Waals surface area (Å²) in [5.74, 6) is 2.37. The normalized spacial score (nSPS) is 17.1. The molecule has 1 unspecified atom stereocenters. The van der Waals surface area contributed by atoms with Crippen LogP contribution in [0.4, 0.5) is 0 Å². The summed E-state index contributed by atoms with van der Waals surface area (Å²) in [4.78, 5) is 8.18. The average molecular weight is 395 g/mol. The summed E-state index contributed by atoms with van der Waals surface area (Å²) < 4.78 is 10.9. The van der Waals surface area contributed by atoms with Gasteiger partial charge < -0.3 is 24.8 Å². The van der Waals surface area contributed by atoms with E-state index in [1.165, 1.54) is 22.0 Å². The van der Waals surface area contributed by atoms with Crippen LogP contribution in [0.25, 0.3) is 10.9 Å². The number of hydrogen-bond donors (Lipinski definition) is 3. The predicted octanol–water partition coefficient (Wildman–Crippen LogP) is 3.43.